The maximum absolute atomic E-state index is 13.1. The zero-order chi connectivity index (χ0) is 11.4. The first-order valence-corrected chi connectivity index (χ1v) is 4.25. The van der Waals surface area contributed by atoms with Crippen LogP contribution >= 0.6 is 0 Å². The summed E-state index contributed by atoms with van der Waals surface area (Å²) in [5, 5.41) is 4.47. The van der Waals surface area contributed by atoms with Crippen LogP contribution in [0.4, 0.5) is 19.3 Å². The molecule has 0 radical (unpaired) electrons. The van der Waals surface area contributed by atoms with E-state index in [1.54, 1.807) is 0 Å². The number of urea groups is 1. The average molecular weight is 215 g/mol. The molecular formula is C9H11F2N3O. The van der Waals surface area contributed by atoms with Crippen LogP contribution in [0, 0.1) is 11.6 Å². The van der Waals surface area contributed by atoms with Crippen molar-refractivity contribution in [3.05, 3.63) is 29.3 Å². The summed E-state index contributed by atoms with van der Waals surface area (Å²) in [7, 11) is 1.39. The Morgan fingerprint density at radius 2 is 2.07 bits per heavy atom. The van der Waals surface area contributed by atoms with Crippen molar-refractivity contribution in [3.63, 3.8) is 0 Å². The SMILES string of the molecule is CNC(=O)Nc1cc(CN)c(F)cc1F. The van der Waals surface area contributed by atoms with Gasteiger partial charge in [0, 0.05) is 25.2 Å². The summed E-state index contributed by atoms with van der Waals surface area (Å²) in [5.74, 6) is -1.56. The van der Waals surface area contributed by atoms with Gasteiger partial charge in [-0.05, 0) is 6.07 Å². The molecule has 0 spiro atoms. The molecule has 0 aliphatic heterocycles. The minimum absolute atomic E-state index is 0.0610. The summed E-state index contributed by atoms with van der Waals surface area (Å²) in [5.41, 5.74) is 5.28. The predicted molar refractivity (Wildman–Crippen MR) is 52.3 cm³/mol. The molecule has 2 amide bonds. The fourth-order valence-corrected chi connectivity index (χ4v) is 1.03. The molecule has 0 unspecified atom stereocenters. The summed E-state index contributed by atoms with van der Waals surface area (Å²) in [6.07, 6.45) is 0. The number of carbonyl (C=O) groups excluding carboxylic acids is 1. The van der Waals surface area contributed by atoms with Gasteiger partial charge >= 0.3 is 6.03 Å². The van der Waals surface area contributed by atoms with Crippen molar-refractivity contribution in [1.82, 2.24) is 5.32 Å². The van der Waals surface area contributed by atoms with Crippen LogP contribution < -0.4 is 16.4 Å². The first-order chi connectivity index (χ1) is 7.08. The number of carbonyl (C=O) groups is 1. The highest BCUT2D eigenvalue weighted by atomic mass is 19.1. The second-order valence-corrected chi connectivity index (χ2v) is 2.83. The van der Waals surface area contributed by atoms with Gasteiger partial charge in [0.1, 0.15) is 11.6 Å². The number of hydrogen-bond acceptors (Lipinski definition) is 2. The number of rotatable bonds is 2. The topological polar surface area (TPSA) is 67.2 Å². The van der Waals surface area contributed by atoms with E-state index in [0.29, 0.717) is 6.07 Å². The highest BCUT2D eigenvalue weighted by Crippen LogP contribution is 2.19. The largest absolute Gasteiger partial charge is 0.341 e. The molecule has 0 bridgehead atoms. The molecular weight excluding hydrogens is 204 g/mol. The van der Waals surface area contributed by atoms with Gasteiger partial charge < -0.3 is 16.4 Å². The third-order valence-corrected chi connectivity index (χ3v) is 1.83. The minimum Gasteiger partial charge on any atom is -0.341 e. The van der Waals surface area contributed by atoms with Crippen molar-refractivity contribution in [2.75, 3.05) is 12.4 Å². The van der Waals surface area contributed by atoms with E-state index in [2.05, 4.69) is 10.6 Å². The number of nitrogens with two attached hydrogens (primary N) is 1. The lowest BCUT2D eigenvalue weighted by atomic mass is 10.2. The van der Waals surface area contributed by atoms with E-state index in [-0.39, 0.29) is 17.8 Å². The van der Waals surface area contributed by atoms with E-state index in [1.165, 1.54) is 13.1 Å². The van der Waals surface area contributed by atoms with Crippen molar-refractivity contribution < 1.29 is 13.6 Å². The number of nitrogens with one attached hydrogen (secondary N) is 2. The molecule has 1 aromatic rings. The maximum atomic E-state index is 13.1. The van der Waals surface area contributed by atoms with Gasteiger partial charge in [-0.25, -0.2) is 13.6 Å². The predicted octanol–water partition coefficient (Wildman–Crippen LogP) is 1.17. The van der Waals surface area contributed by atoms with Gasteiger partial charge in [0.25, 0.3) is 0 Å². The Labute approximate surface area is 85.5 Å². The molecule has 0 saturated heterocycles. The van der Waals surface area contributed by atoms with Crippen LogP contribution in [0.2, 0.25) is 0 Å². The second kappa shape index (κ2) is 4.70. The Kier molecular flexibility index (Phi) is 3.56. The van der Waals surface area contributed by atoms with E-state index >= 15 is 0 Å². The lowest BCUT2D eigenvalue weighted by Gasteiger charge is -2.08. The maximum Gasteiger partial charge on any atom is 0.319 e. The van der Waals surface area contributed by atoms with Crippen LogP contribution in [0.15, 0.2) is 12.1 Å². The fraction of sp³-hybridized carbons (Fsp3) is 0.222. The van der Waals surface area contributed by atoms with Crippen molar-refractivity contribution in [1.29, 1.82) is 0 Å². The molecule has 0 fully saturated rings. The Morgan fingerprint density at radius 1 is 1.40 bits per heavy atom. The van der Waals surface area contributed by atoms with Crippen LogP contribution in [-0.2, 0) is 6.54 Å². The van der Waals surface area contributed by atoms with E-state index in [0.717, 1.165) is 0 Å². The summed E-state index contributed by atoms with van der Waals surface area (Å²) in [6.45, 7) is -0.0610. The Hall–Kier alpha value is -1.69. The van der Waals surface area contributed by atoms with Crippen LogP contribution in [0.1, 0.15) is 5.56 Å². The van der Waals surface area contributed by atoms with Gasteiger partial charge in [-0.1, -0.05) is 0 Å². The highest BCUT2D eigenvalue weighted by Gasteiger charge is 2.10. The summed E-state index contributed by atoms with van der Waals surface area (Å²) in [6, 6.07) is 1.27. The van der Waals surface area contributed by atoms with Crippen molar-refractivity contribution in [2.45, 2.75) is 6.54 Å². The lowest BCUT2D eigenvalue weighted by Crippen LogP contribution is -2.25. The van der Waals surface area contributed by atoms with Crippen molar-refractivity contribution >= 4 is 11.7 Å². The number of hydrogen-bond donors (Lipinski definition) is 3. The first kappa shape index (κ1) is 11.4. The number of anilines is 1. The molecule has 0 aliphatic rings. The number of halogens is 2. The van der Waals surface area contributed by atoms with Gasteiger partial charge in [0.05, 0.1) is 5.69 Å². The molecule has 4 nitrogen and oxygen atoms in total. The average Bonchev–Trinajstić information content (AvgIpc) is 2.21. The molecule has 82 valence electrons. The molecule has 0 aromatic heterocycles. The Morgan fingerprint density at radius 3 is 2.60 bits per heavy atom. The molecule has 1 rings (SSSR count). The molecule has 0 aliphatic carbocycles. The zero-order valence-corrected chi connectivity index (χ0v) is 8.10. The van der Waals surface area contributed by atoms with E-state index < -0.39 is 17.7 Å². The monoisotopic (exact) mass is 215 g/mol. The smallest absolute Gasteiger partial charge is 0.319 e. The first-order valence-electron chi connectivity index (χ1n) is 4.25. The zero-order valence-electron chi connectivity index (χ0n) is 8.10. The van der Waals surface area contributed by atoms with E-state index in [1.807, 2.05) is 0 Å². The van der Waals surface area contributed by atoms with E-state index in [4.69, 9.17) is 5.73 Å². The van der Waals surface area contributed by atoms with Crippen LogP contribution in [-0.4, -0.2) is 13.1 Å². The summed E-state index contributed by atoms with van der Waals surface area (Å²) in [4.78, 5) is 10.9. The lowest BCUT2D eigenvalue weighted by molar-refractivity contribution is 0.254. The standard InChI is InChI=1S/C9H11F2N3O/c1-13-9(15)14-8-2-5(4-12)6(10)3-7(8)11/h2-3H,4,12H2,1H3,(H2,13,14,15). The van der Waals surface area contributed by atoms with Gasteiger partial charge in [-0.2, -0.15) is 0 Å². The molecule has 0 saturated carbocycles. The molecule has 6 heteroatoms. The van der Waals surface area contributed by atoms with Gasteiger partial charge in [-0.15, -0.1) is 0 Å². The second-order valence-electron chi connectivity index (χ2n) is 2.83. The Bertz CT molecular complexity index is 382. The minimum atomic E-state index is -0.840. The number of amides is 2. The third kappa shape index (κ3) is 2.63. The highest BCUT2D eigenvalue weighted by molar-refractivity contribution is 5.89. The third-order valence-electron chi connectivity index (χ3n) is 1.83. The molecule has 0 atom stereocenters. The molecule has 0 heterocycles. The molecule has 15 heavy (non-hydrogen) atoms. The molecule has 1 aromatic carbocycles. The van der Waals surface area contributed by atoms with Gasteiger partial charge in [0.15, 0.2) is 0 Å². The number of benzene rings is 1. The normalized spacial score (nSPS) is 9.87. The summed E-state index contributed by atoms with van der Waals surface area (Å²) >= 11 is 0. The van der Waals surface area contributed by atoms with E-state index in [9.17, 15) is 13.6 Å². The van der Waals surface area contributed by atoms with Crippen molar-refractivity contribution in [3.8, 4) is 0 Å². The van der Waals surface area contributed by atoms with Gasteiger partial charge in [0.2, 0.25) is 0 Å². The summed E-state index contributed by atoms with van der Waals surface area (Å²) < 4.78 is 26.1. The Balaban J connectivity index is 3.02. The molecule has 4 N–H and O–H groups in total. The van der Waals surface area contributed by atoms with Crippen LogP contribution in [0.5, 0.6) is 0 Å². The van der Waals surface area contributed by atoms with Crippen LogP contribution in [0.3, 0.4) is 0 Å². The fourth-order valence-electron chi connectivity index (χ4n) is 1.03. The van der Waals surface area contributed by atoms with Crippen molar-refractivity contribution in [2.24, 2.45) is 5.73 Å². The van der Waals surface area contributed by atoms with Gasteiger partial charge in [-0.3, -0.25) is 0 Å². The quantitative estimate of drug-likeness (QED) is 0.693. The van der Waals surface area contributed by atoms with Crippen LogP contribution in [0.25, 0.3) is 0 Å².